The number of carboxylic acids is 1. The molecule has 0 aliphatic carbocycles. The minimum atomic E-state index is -1.04. The third kappa shape index (κ3) is 2.58. The first-order chi connectivity index (χ1) is 6.50. The Morgan fingerprint density at radius 2 is 2.21 bits per heavy atom. The van der Waals surface area contributed by atoms with Gasteiger partial charge in [0.05, 0.1) is 0 Å². The van der Waals surface area contributed by atoms with Gasteiger partial charge in [0, 0.05) is 5.92 Å². The Morgan fingerprint density at radius 3 is 2.64 bits per heavy atom. The molecular weight excluding hydrogens is 182 g/mol. The van der Waals surface area contributed by atoms with Gasteiger partial charge in [0.25, 0.3) is 0 Å². The standard InChI is InChI=1S/C10H15NO3/c1-6(2)4-7(3)9-11-8(5-14-9)10(12)13/h5-7H,4H2,1-3H3,(H,12,13)/t7-/m0/s1. The molecule has 4 heteroatoms. The van der Waals surface area contributed by atoms with Crippen molar-refractivity contribution in [2.75, 3.05) is 0 Å². The molecule has 1 aromatic heterocycles. The molecule has 0 radical (unpaired) electrons. The second-order valence-corrected chi connectivity index (χ2v) is 3.91. The molecule has 14 heavy (non-hydrogen) atoms. The van der Waals surface area contributed by atoms with Crippen molar-refractivity contribution >= 4 is 5.97 Å². The number of oxazole rings is 1. The third-order valence-electron chi connectivity index (χ3n) is 1.99. The minimum absolute atomic E-state index is 0.0180. The van der Waals surface area contributed by atoms with Gasteiger partial charge < -0.3 is 9.52 Å². The number of carboxylic acid groups (broad SMARTS) is 1. The van der Waals surface area contributed by atoms with Crippen molar-refractivity contribution < 1.29 is 14.3 Å². The van der Waals surface area contributed by atoms with Gasteiger partial charge in [-0.3, -0.25) is 0 Å². The average molecular weight is 197 g/mol. The number of hydrogen-bond donors (Lipinski definition) is 1. The first kappa shape index (κ1) is 10.8. The zero-order chi connectivity index (χ0) is 10.7. The van der Waals surface area contributed by atoms with Crippen LogP contribution in [0.15, 0.2) is 10.7 Å². The van der Waals surface area contributed by atoms with E-state index < -0.39 is 5.97 Å². The van der Waals surface area contributed by atoms with E-state index in [9.17, 15) is 4.79 Å². The summed E-state index contributed by atoms with van der Waals surface area (Å²) in [7, 11) is 0. The lowest BCUT2D eigenvalue weighted by atomic mass is 9.99. The molecule has 0 aromatic carbocycles. The molecule has 0 bridgehead atoms. The van der Waals surface area contributed by atoms with Gasteiger partial charge in [-0.25, -0.2) is 9.78 Å². The summed E-state index contributed by atoms with van der Waals surface area (Å²) in [6.07, 6.45) is 2.13. The minimum Gasteiger partial charge on any atom is -0.476 e. The topological polar surface area (TPSA) is 63.3 Å². The largest absolute Gasteiger partial charge is 0.476 e. The molecule has 4 nitrogen and oxygen atoms in total. The van der Waals surface area contributed by atoms with Crippen molar-refractivity contribution in [3.05, 3.63) is 17.8 Å². The maximum absolute atomic E-state index is 10.5. The van der Waals surface area contributed by atoms with Crippen LogP contribution < -0.4 is 0 Å². The Bertz CT molecular complexity index is 317. The first-order valence-corrected chi connectivity index (χ1v) is 4.69. The zero-order valence-corrected chi connectivity index (χ0v) is 8.65. The van der Waals surface area contributed by atoms with E-state index in [0.717, 1.165) is 6.42 Å². The molecule has 0 saturated heterocycles. The van der Waals surface area contributed by atoms with Gasteiger partial charge in [0.2, 0.25) is 0 Å². The Kier molecular flexibility index (Phi) is 3.28. The maximum Gasteiger partial charge on any atom is 0.357 e. The SMILES string of the molecule is CC(C)C[C@H](C)c1nc(C(=O)O)co1. The number of aromatic carboxylic acids is 1. The highest BCUT2D eigenvalue weighted by atomic mass is 16.4. The van der Waals surface area contributed by atoms with Crippen LogP contribution in [0.5, 0.6) is 0 Å². The van der Waals surface area contributed by atoms with Gasteiger partial charge in [-0.1, -0.05) is 20.8 Å². The highest BCUT2D eigenvalue weighted by Gasteiger charge is 2.16. The number of aromatic nitrogens is 1. The van der Waals surface area contributed by atoms with Crippen LogP contribution in [0.2, 0.25) is 0 Å². The summed E-state index contributed by atoms with van der Waals surface area (Å²) >= 11 is 0. The van der Waals surface area contributed by atoms with Gasteiger partial charge in [-0.15, -0.1) is 0 Å². The molecule has 0 amide bonds. The first-order valence-electron chi connectivity index (χ1n) is 4.69. The summed E-state index contributed by atoms with van der Waals surface area (Å²) in [5.74, 6) is 0.182. The molecule has 0 aliphatic heterocycles. The van der Waals surface area contributed by atoms with Gasteiger partial charge >= 0.3 is 5.97 Å². The summed E-state index contributed by atoms with van der Waals surface area (Å²) < 4.78 is 5.10. The molecule has 0 spiro atoms. The lowest BCUT2D eigenvalue weighted by Gasteiger charge is -2.09. The average Bonchev–Trinajstić information content (AvgIpc) is 2.50. The molecule has 1 aromatic rings. The van der Waals surface area contributed by atoms with Crippen molar-refractivity contribution in [1.82, 2.24) is 4.98 Å². The lowest BCUT2D eigenvalue weighted by Crippen LogP contribution is -2.01. The van der Waals surface area contributed by atoms with Crippen LogP contribution in [0.3, 0.4) is 0 Å². The fraction of sp³-hybridized carbons (Fsp3) is 0.600. The monoisotopic (exact) mass is 197 g/mol. The maximum atomic E-state index is 10.5. The van der Waals surface area contributed by atoms with Crippen molar-refractivity contribution in [1.29, 1.82) is 0 Å². The van der Waals surface area contributed by atoms with Crippen LogP contribution in [0, 0.1) is 5.92 Å². The highest BCUT2D eigenvalue weighted by molar-refractivity contribution is 5.84. The summed E-state index contributed by atoms with van der Waals surface area (Å²) in [4.78, 5) is 14.4. The molecule has 78 valence electrons. The number of nitrogens with zero attached hydrogens (tertiary/aromatic N) is 1. The summed E-state index contributed by atoms with van der Waals surface area (Å²) in [5.41, 5.74) is -0.0180. The van der Waals surface area contributed by atoms with Crippen LogP contribution in [-0.2, 0) is 0 Å². The number of rotatable bonds is 4. The van der Waals surface area contributed by atoms with Gasteiger partial charge in [0.15, 0.2) is 11.6 Å². The van der Waals surface area contributed by atoms with Crippen LogP contribution in [0.1, 0.15) is 49.5 Å². The highest BCUT2D eigenvalue weighted by Crippen LogP contribution is 2.22. The molecule has 1 atom stereocenters. The molecule has 1 heterocycles. The molecule has 1 N–H and O–H groups in total. The Balaban J connectivity index is 2.71. The van der Waals surface area contributed by atoms with Crippen molar-refractivity contribution in [2.45, 2.75) is 33.1 Å². The second kappa shape index (κ2) is 4.26. The van der Waals surface area contributed by atoms with E-state index in [1.165, 1.54) is 6.26 Å². The van der Waals surface area contributed by atoms with E-state index in [4.69, 9.17) is 9.52 Å². The van der Waals surface area contributed by atoms with Gasteiger partial charge in [-0.2, -0.15) is 0 Å². The summed E-state index contributed by atoms with van der Waals surface area (Å²) in [6, 6.07) is 0. The predicted octanol–water partition coefficient (Wildman–Crippen LogP) is 2.52. The Hall–Kier alpha value is -1.32. The van der Waals surface area contributed by atoms with Gasteiger partial charge in [-0.05, 0) is 12.3 Å². The van der Waals surface area contributed by atoms with E-state index in [1.807, 2.05) is 6.92 Å². The number of carbonyl (C=O) groups is 1. The zero-order valence-electron chi connectivity index (χ0n) is 8.65. The van der Waals surface area contributed by atoms with Gasteiger partial charge in [0.1, 0.15) is 6.26 Å². The molecule has 0 unspecified atom stereocenters. The predicted molar refractivity (Wildman–Crippen MR) is 51.3 cm³/mol. The van der Waals surface area contributed by atoms with E-state index in [1.54, 1.807) is 0 Å². The fourth-order valence-electron chi connectivity index (χ4n) is 1.42. The third-order valence-corrected chi connectivity index (χ3v) is 1.99. The quantitative estimate of drug-likeness (QED) is 0.805. The van der Waals surface area contributed by atoms with E-state index >= 15 is 0 Å². The van der Waals surface area contributed by atoms with Crippen molar-refractivity contribution in [2.24, 2.45) is 5.92 Å². The van der Waals surface area contributed by atoms with Crippen LogP contribution >= 0.6 is 0 Å². The molecule has 0 fully saturated rings. The van der Waals surface area contributed by atoms with Crippen LogP contribution in [-0.4, -0.2) is 16.1 Å². The van der Waals surface area contributed by atoms with E-state index in [2.05, 4.69) is 18.8 Å². The smallest absolute Gasteiger partial charge is 0.357 e. The Morgan fingerprint density at radius 1 is 1.57 bits per heavy atom. The molecular formula is C10H15NO3. The normalized spacial score (nSPS) is 13.1. The van der Waals surface area contributed by atoms with Crippen LogP contribution in [0.25, 0.3) is 0 Å². The molecule has 0 saturated carbocycles. The Labute approximate surface area is 83.0 Å². The van der Waals surface area contributed by atoms with Crippen molar-refractivity contribution in [3.63, 3.8) is 0 Å². The molecule has 0 aliphatic rings. The summed E-state index contributed by atoms with van der Waals surface area (Å²) in [5, 5.41) is 8.64. The van der Waals surface area contributed by atoms with Crippen LogP contribution in [0.4, 0.5) is 0 Å². The lowest BCUT2D eigenvalue weighted by molar-refractivity contribution is 0.0690. The molecule has 1 rings (SSSR count). The van der Waals surface area contributed by atoms with E-state index in [0.29, 0.717) is 11.8 Å². The van der Waals surface area contributed by atoms with E-state index in [-0.39, 0.29) is 11.6 Å². The van der Waals surface area contributed by atoms with Crippen molar-refractivity contribution in [3.8, 4) is 0 Å². The number of hydrogen-bond acceptors (Lipinski definition) is 3. The fourth-order valence-corrected chi connectivity index (χ4v) is 1.42. The summed E-state index contributed by atoms with van der Waals surface area (Å²) in [6.45, 7) is 6.20. The second-order valence-electron chi connectivity index (χ2n) is 3.91.